The lowest BCUT2D eigenvalue weighted by atomic mass is 10.1. The predicted octanol–water partition coefficient (Wildman–Crippen LogP) is 2.99. The van der Waals surface area contributed by atoms with Crippen LogP contribution in [0.2, 0.25) is 0 Å². The Bertz CT molecular complexity index is 69.1. The van der Waals surface area contributed by atoms with Crippen LogP contribution in [0.15, 0.2) is 0 Å². The molecule has 0 aliphatic heterocycles. The molecular formula is C9H20O. The van der Waals surface area contributed by atoms with Gasteiger partial charge in [-0.2, -0.15) is 0 Å². The van der Waals surface area contributed by atoms with Gasteiger partial charge in [0, 0.05) is 0 Å². The smallest absolute Gasteiger partial charge is 0.0575 e. The van der Waals surface area contributed by atoms with Gasteiger partial charge in [0.1, 0.15) is 0 Å². The summed E-state index contributed by atoms with van der Waals surface area (Å²) in [4.78, 5) is 0. The number of hydrogen-bond acceptors (Lipinski definition) is 1. The number of rotatable bonds is 5. The van der Waals surface area contributed by atoms with Gasteiger partial charge in [0.05, 0.1) is 12.2 Å². The molecular weight excluding hydrogens is 124 g/mol. The first kappa shape index (κ1) is 9.96. The molecule has 0 saturated heterocycles. The molecule has 0 aliphatic carbocycles. The van der Waals surface area contributed by atoms with E-state index in [4.69, 9.17) is 4.74 Å². The second-order valence-corrected chi connectivity index (χ2v) is 3.00. The van der Waals surface area contributed by atoms with Gasteiger partial charge in [-0.15, -0.1) is 0 Å². The Morgan fingerprint density at radius 3 is 2.10 bits per heavy atom. The predicted molar refractivity (Wildman–Crippen MR) is 45.2 cm³/mol. The van der Waals surface area contributed by atoms with Crippen LogP contribution < -0.4 is 0 Å². The van der Waals surface area contributed by atoms with Crippen molar-refractivity contribution in [3.63, 3.8) is 0 Å². The molecule has 0 radical (unpaired) electrons. The first-order valence-electron chi connectivity index (χ1n) is 4.36. The lowest BCUT2D eigenvalue weighted by Crippen LogP contribution is -2.16. The molecule has 0 rings (SSSR count). The molecule has 0 saturated carbocycles. The molecule has 1 unspecified atom stereocenters. The van der Waals surface area contributed by atoms with E-state index in [0.717, 1.165) is 6.42 Å². The van der Waals surface area contributed by atoms with Gasteiger partial charge in [0.2, 0.25) is 0 Å². The largest absolute Gasteiger partial charge is 0.376 e. The van der Waals surface area contributed by atoms with Crippen molar-refractivity contribution < 1.29 is 4.74 Å². The molecule has 0 aromatic rings. The van der Waals surface area contributed by atoms with E-state index in [1.807, 2.05) is 0 Å². The lowest BCUT2D eigenvalue weighted by molar-refractivity contribution is 0.00106. The molecule has 62 valence electrons. The second-order valence-electron chi connectivity index (χ2n) is 3.00. The third-order valence-electron chi connectivity index (χ3n) is 1.53. The maximum Gasteiger partial charge on any atom is 0.0575 e. The van der Waals surface area contributed by atoms with Gasteiger partial charge >= 0.3 is 0 Å². The fraction of sp³-hybridized carbons (Fsp3) is 1.00. The average Bonchev–Trinajstić information content (AvgIpc) is 1.86. The molecule has 0 bridgehead atoms. The van der Waals surface area contributed by atoms with Gasteiger partial charge in [-0.05, 0) is 26.7 Å². The molecule has 0 aromatic carbocycles. The van der Waals surface area contributed by atoms with Crippen LogP contribution in [0.25, 0.3) is 0 Å². The highest BCUT2D eigenvalue weighted by Gasteiger charge is 2.05. The zero-order valence-electron chi connectivity index (χ0n) is 7.68. The van der Waals surface area contributed by atoms with Crippen LogP contribution >= 0.6 is 0 Å². The first-order valence-corrected chi connectivity index (χ1v) is 4.36. The molecule has 0 spiro atoms. The summed E-state index contributed by atoms with van der Waals surface area (Å²) in [5.74, 6) is 0. The van der Waals surface area contributed by atoms with E-state index < -0.39 is 0 Å². The number of ether oxygens (including phenoxy) is 1. The van der Waals surface area contributed by atoms with Crippen molar-refractivity contribution in [1.29, 1.82) is 0 Å². The van der Waals surface area contributed by atoms with Crippen molar-refractivity contribution in [2.24, 2.45) is 0 Å². The van der Waals surface area contributed by atoms with Crippen LogP contribution in [0.3, 0.4) is 0 Å². The van der Waals surface area contributed by atoms with E-state index in [9.17, 15) is 0 Å². The van der Waals surface area contributed by atoms with Crippen LogP contribution in [0.5, 0.6) is 0 Å². The van der Waals surface area contributed by atoms with Crippen LogP contribution in [-0.2, 0) is 4.74 Å². The van der Waals surface area contributed by atoms with E-state index in [-0.39, 0.29) is 0 Å². The number of hydrogen-bond donors (Lipinski definition) is 0. The fourth-order valence-electron chi connectivity index (χ4n) is 1.08. The zero-order chi connectivity index (χ0) is 7.98. The van der Waals surface area contributed by atoms with Crippen LogP contribution in [0.1, 0.15) is 47.0 Å². The standard InChI is InChI=1S/C9H20O/c1-5-7-9(6-2)10-8(3)4/h8-9H,5-7H2,1-4H3. The Labute approximate surface area is 64.8 Å². The minimum absolute atomic E-state index is 0.386. The van der Waals surface area contributed by atoms with Gasteiger partial charge in [0.25, 0.3) is 0 Å². The highest BCUT2D eigenvalue weighted by Crippen LogP contribution is 2.08. The average molecular weight is 144 g/mol. The van der Waals surface area contributed by atoms with E-state index in [2.05, 4.69) is 27.7 Å². The second kappa shape index (κ2) is 5.72. The molecule has 0 heterocycles. The molecule has 1 heteroatoms. The summed E-state index contributed by atoms with van der Waals surface area (Å²) >= 11 is 0. The minimum Gasteiger partial charge on any atom is -0.376 e. The summed E-state index contributed by atoms with van der Waals surface area (Å²) < 4.78 is 5.64. The quantitative estimate of drug-likeness (QED) is 0.576. The third kappa shape index (κ3) is 4.80. The first-order chi connectivity index (χ1) is 4.70. The summed E-state index contributed by atoms with van der Waals surface area (Å²) in [7, 11) is 0. The summed E-state index contributed by atoms with van der Waals surface area (Å²) in [6.07, 6.45) is 4.45. The van der Waals surface area contributed by atoms with Crippen molar-refractivity contribution in [3.05, 3.63) is 0 Å². The molecule has 10 heavy (non-hydrogen) atoms. The van der Waals surface area contributed by atoms with Gasteiger partial charge in [-0.3, -0.25) is 0 Å². The van der Waals surface area contributed by atoms with E-state index in [0.29, 0.717) is 12.2 Å². The third-order valence-corrected chi connectivity index (χ3v) is 1.53. The van der Waals surface area contributed by atoms with Gasteiger partial charge in [-0.1, -0.05) is 20.3 Å². The highest BCUT2D eigenvalue weighted by atomic mass is 16.5. The maximum atomic E-state index is 5.64. The van der Waals surface area contributed by atoms with Crippen LogP contribution in [-0.4, -0.2) is 12.2 Å². The molecule has 1 nitrogen and oxygen atoms in total. The van der Waals surface area contributed by atoms with E-state index >= 15 is 0 Å². The summed E-state index contributed by atoms with van der Waals surface area (Å²) in [5.41, 5.74) is 0. The van der Waals surface area contributed by atoms with Crippen molar-refractivity contribution >= 4 is 0 Å². The van der Waals surface area contributed by atoms with E-state index in [1.54, 1.807) is 0 Å². The SMILES string of the molecule is CCCC(CC)OC(C)C. The van der Waals surface area contributed by atoms with Gasteiger partial charge < -0.3 is 4.74 Å². The van der Waals surface area contributed by atoms with Crippen LogP contribution in [0.4, 0.5) is 0 Å². The fourth-order valence-corrected chi connectivity index (χ4v) is 1.08. The molecule has 0 fully saturated rings. The molecule has 0 aromatic heterocycles. The van der Waals surface area contributed by atoms with Crippen molar-refractivity contribution in [3.8, 4) is 0 Å². The monoisotopic (exact) mass is 144 g/mol. The normalized spacial score (nSPS) is 14.1. The zero-order valence-corrected chi connectivity index (χ0v) is 7.68. The Balaban J connectivity index is 3.39. The summed E-state index contributed by atoms with van der Waals surface area (Å²) in [6, 6.07) is 0. The van der Waals surface area contributed by atoms with Gasteiger partial charge in [-0.25, -0.2) is 0 Å². The molecule has 0 amide bonds. The molecule has 0 N–H and O–H groups in total. The van der Waals surface area contributed by atoms with E-state index in [1.165, 1.54) is 12.8 Å². The Morgan fingerprint density at radius 1 is 1.20 bits per heavy atom. The molecule has 0 aliphatic rings. The maximum absolute atomic E-state index is 5.64. The van der Waals surface area contributed by atoms with Crippen molar-refractivity contribution in [2.75, 3.05) is 0 Å². The topological polar surface area (TPSA) is 9.23 Å². The van der Waals surface area contributed by atoms with Gasteiger partial charge in [0.15, 0.2) is 0 Å². The Hall–Kier alpha value is -0.0400. The molecule has 1 atom stereocenters. The summed E-state index contributed by atoms with van der Waals surface area (Å²) in [5, 5.41) is 0. The Kier molecular flexibility index (Phi) is 5.70. The highest BCUT2D eigenvalue weighted by molar-refractivity contribution is 4.55. The lowest BCUT2D eigenvalue weighted by Gasteiger charge is -2.17. The van der Waals surface area contributed by atoms with Crippen molar-refractivity contribution in [1.82, 2.24) is 0 Å². The van der Waals surface area contributed by atoms with Crippen molar-refractivity contribution in [2.45, 2.75) is 59.2 Å². The van der Waals surface area contributed by atoms with Crippen LogP contribution in [0, 0.1) is 0 Å². The Morgan fingerprint density at radius 2 is 1.80 bits per heavy atom. The summed E-state index contributed by atoms with van der Waals surface area (Å²) in [6.45, 7) is 8.58. The minimum atomic E-state index is 0.386.